The molecule has 0 fully saturated rings. The van der Waals surface area contributed by atoms with E-state index in [0.29, 0.717) is 0 Å². The van der Waals surface area contributed by atoms with Gasteiger partial charge in [-0.15, -0.1) is 0 Å². The average Bonchev–Trinajstić information content (AvgIpc) is 1.25. The molecule has 0 unspecified atom stereocenters. The van der Waals surface area contributed by atoms with Crippen LogP contribution < -0.4 is 99.8 Å². The van der Waals surface area contributed by atoms with E-state index in [1.165, 1.54) is 0 Å². The van der Waals surface area contributed by atoms with E-state index in [1.54, 1.807) is 0 Å². The zero-order valence-corrected chi connectivity index (χ0v) is 14.4. The van der Waals surface area contributed by atoms with E-state index in [1.807, 2.05) is 0 Å². The molecule has 12 heavy (non-hydrogen) atoms. The van der Waals surface area contributed by atoms with Gasteiger partial charge in [0.15, 0.2) is 0 Å². The Bertz CT molecular complexity index is 94.4. The molecule has 0 N–H and O–H groups in total. The predicted molar refractivity (Wildman–Crippen MR) is 29.8 cm³/mol. The van der Waals surface area contributed by atoms with Gasteiger partial charge in [0.1, 0.15) is 0 Å². The molecular weight excluding hydrogens is 233 g/mol. The summed E-state index contributed by atoms with van der Waals surface area (Å²) in [6.45, 7) is 0. The Morgan fingerprint density at radius 3 is 0.917 bits per heavy atom. The van der Waals surface area contributed by atoms with Crippen molar-refractivity contribution in [1.29, 1.82) is 0 Å². The van der Waals surface area contributed by atoms with Crippen molar-refractivity contribution < 1.29 is 114 Å². The summed E-state index contributed by atoms with van der Waals surface area (Å²) < 4.78 is 0. The SMILES string of the molecule is O=[N+]([O-])[O-].O=[N+]([O-])[O-].[Ca+2].[H-].[H-].[H-].[K+].[Li+].[Na+]. The van der Waals surface area contributed by atoms with Crippen LogP contribution in [0.5, 0.6) is 0 Å². The van der Waals surface area contributed by atoms with Crippen LogP contribution in [-0.4, -0.2) is 47.9 Å². The number of nitrogens with zero attached hydrogens (tertiary/aromatic N) is 2. The second-order valence-electron chi connectivity index (χ2n) is 0.447. The minimum Gasteiger partial charge on any atom is -1.00 e. The fourth-order valence-electron chi connectivity index (χ4n) is 0. The first-order valence-electron chi connectivity index (χ1n) is 1.10. The van der Waals surface area contributed by atoms with Gasteiger partial charge in [0.25, 0.3) is 0 Å². The molecule has 54 valence electrons. The Kier molecular flexibility index (Phi) is 88.5. The van der Waals surface area contributed by atoms with E-state index in [0.717, 1.165) is 0 Å². The van der Waals surface area contributed by atoms with Gasteiger partial charge < -0.3 is 34.9 Å². The van der Waals surface area contributed by atoms with Crippen molar-refractivity contribution in [2.45, 2.75) is 0 Å². The summed E-state index contributed by atoms with van der Waals surface area (Å²) in [5, 5.41) is 29.5. The molecule has 0 radical (unpaired) electrons. The molecule has 0 aromatic rings. The van der Waals surface area contributed by atoms with Crippen molar-refractivity contribution in [3.63, 3.8) is 0 Å². The molecule has 12 heteroatoms. The number of hydrogen-bond acceptors (Lipinski definition) is 6. The smallest absolute Gasteiger partial charge is 1.00 e. The minimum absolute atomic E-state index is 0. The molecular formula is H3CaKLiN2NaO6. The van der Waals surface area contributed by atoms with E-state index in [2.05, 4.69) is 0 Å². The van der Waals surface area contributed by atoms with Crippen LogP contribution >= 0.6 is 0 Å². The molecule has 0 bridgehead atoms. The molecule has 0 aliphatic rings. The zero-order chi connectivity index (χ0) is 7.15. The van der Waals surface area contributed by atoms with Gasteiger partial charge >= 0.3 is 138 Å². The number of hydrogen-bond donors (Lipinski definition) is 0. The first-order valence-corrected chi connectivity index (χ1v) is 1.10. The van der Waals surface area contributed by atoms with Crippen LogP contribution in [0.2, 0.25) is 0 Å². The molecule has 0 aromatic heterocycles. The van der Waals surface area contributed by atoms with E-state index in [9.17, 15) is 0 Å². The second-order valence-corrected chi connectivity index (χ2v) is 0.447. The standard InChI is InChI=1S/Ca.K.Li.2NO3.Na.3H/c;;;2*2-1(3)4;;;;/q+2;2*+1;2*-1;+1;3*-1. The molecule has 0 aliphatic carbocycles. The van der Waals surface area contributed by atoms with Crippen molar-refractivity contribution >= 4 is 37.7 Å². The molecule has 0 aromatic carbocycles. The Morgan fingerprint density at radius 1 is 0.917 bits per heavy atom. The van der Waals surface area contributed by atoms with Crippen molar-refractivity contribution in [2.24, 2.45) is 0 Å². The summed E-state index contributed by atoms with van der Waals surface area (Å²) in [6.07, 6.45) is 0. The van der Waals surface area contributed by atoms with Crippen molar-refractivity contribution in [1.82, 2.24) is 0 Å². The Hall–Kier alpha value is 2.89. The molecule has 0 spiro atoms. The van der Waals surface area contributed by atoms with Gasteiger partial charge in [0.05, 0.1) is 10.2 Å². The maximum Gasteiger partial charge on any atom is 2.00 e. The third-order valence-corrected chi connectivity index (χ3v) is 0. The van der Waals surface area contributed by atoms with Crippen molar-refractivity contribution in [3.8, 4) is 0 Å². The molecule has 8 nitrogen and oxygen atoms in total. The summed E-state index contributed by atoms with van der Waals surface area (Å²) >= 11 is 0. The van der Waals surface area contributed by atoms with Crippen molar-refractivity contribution in [3.05, 3.63) is 30.6 Å². The normalized spacial score (nSPS) is 4.00. The topological polar surface area (TPSA) is 132 Å². The van der Waals surface area contributed by atoms with Crippen LogP contribution in [0, 0.1) is 30.6 Å². The predicted octanol–water partition coefficient (Wildman–Crippen LogP) is -9.51. The molecule has 0 rings (SSSR count). The van der Waals surface area contributed by atoms with Gasteiger partial charge in [0.2, 0.25) is 0 Å². The molecule has 0 atom stereocenters. The summed E-state index contributed by atoms with van der Waals surface area (Å²) in [6, 6.07) is 0. The minimum atomic E-state index is -1.75. The van der Waals surface area contributed by atoms with E-state index < -0.39 is 10.2 Å². The fraction of sp³-hybridized carbons (Fsp3) is 0. The Morgan fingerprint density at radius 2 is 0.917 bits per heavy atom. The van der Waals surface area contributed by atoms with Crippen molar-refractivity contribution in [2.75, 3.05) is 0 Å². The quantitative estimate of drug-likeness (QED) is 0.233. The maximum absolute atomic E-state index is 8.25. The van der Waals surface area contributed by atoms with Gasteiger partial charge in [-0.1, -0.05) is 0 Å². The monoisotopic (exact) mass is 236 g/mol. The third kappa shape index (κ3) is 218. The summed E-state index contributed by atoms with van der Waals surface area (Å²) in [5.41, 5.74) is 0. The second kappa shape index (κ2) is 29.2. The summed E-state index contributed by atoms with van der Waals surface area (Å²) in [7, 11) is 0. The van der Waals surface area contributed by atoms with Crippen LogP contribution in [0.4, 0.5) is 0 Å². The van der Waals surface area contributed by atoms with Crippen LogP contribution in [0.15, 0.2) is 0 Å². The zero-order valence-electron chi connectivity index (χ0n) is 10.1. The van der Waals surface area contributed by atoms with Gasteiger partial charge in [-0.3, -0.25) is 0 Å². The maximum atomic E-state index is 8.25. The van der Waals surface area contributed by atoms with Gasteiger partial charge in [-0.25, -0.2) is 0 Å². The molecule has 0 heterocycles. The molecule has 0 saturated carbocycles. The van der Waals surface area contributed by atoms with Gasteiger partial charge in [-0.05, 0) is 0 Å². The number of rotatable bonds is 0. The largest absolute Gasteiger partial charge is 2.00 e. The first kappa shape index (κ1) is 36.3. The average molecular weight is 236 g/mol. The van der Waals surface area contributed by atoms with E-state index in [4.69, 9.17) is 30.6 Å². The Balaban J connectivity index is -0.00000000468. The molecule has 0 saturated heterocycles. The summed E-state index contributed by atoms with van der Waals surface area (Å²) in [4.78, 5) is 16.5. The van der Waals surface area contributed by atoms with Crippen LogP contribution in [0.1, 0.15) is 4.28 Å². The third-order valence-electron chi connectivity index (χ3n) is 0. The molecule has 0 aliphatic heterocycles. The van der Waals surface area contributed by atoms with Crippen LogP contribution in [-0.2, 0) is 0 Å². The fourth-order valence-corrected chi connectivity index (χ4v) is 0. The summed E-state index contributed by atoms with van der Waals surface area (Å²) in [5.74, 6) is 0. The molecule has 0 amide bonds. The van der Waals surface area contributed by atoms with Gasteiger partial charge in [0, 0.05) is 0 Å². The van der Waals surface area contributed by atoms with Crippen LogP contribution in [0.3, 0.4) is 0 Å². The van der Waals surface area contributed by atoms with E-state index >= 15 is 0 Å². The first-order chi connectivity index (χ1) is 3.46. The Labute approximate surface area is 178 Å². The van der Waals surface area contributed by atoms with Crippen LogP contribution in [0.25, 0.3) is 0 Å². The van der Waals surface area contributed by atoms with E-state index in [-0.39, 0.29) is 142 Å². The van der Waals surface area contributed by atoms with Gasteiger partial charge in [-0.2, -0.15) is 0 Å².